The van der Waals surface area contributed by atoms with Crippen LogP contribution in [0.4, 0.5) is 0 Å². The molecule has 0 fully saturated rings. The van der Waals surface area contributed by atoms with Crippen LogP contribution in [0, 0.1) is 13.8 Å². The zero-order valence-corrected chi connectivity index (χ0v) is 9.48. The van der Waals surface area contributed by atoms with E-state index in [4.69, 9.17) is 10.7 Å². The van der Waals surface area contributed by atoms with E-state index < -0.39 is 0 Å². The second kappa shape index (κ2) is 4.47. The first-order valence-electron chi connectivity index (χ1n) is 5.14. The lowest BCUT2D eigenvalue weighted by atomic mass is 9.96. The summed E-state index contributed by atoms with van der Waals surface area (Å²) in [5.41, 5.74) is 5.00. The Morgan fingerprint density at radius 2 is 1.50 bits per heavy atom. The third-order valence-electron chi connectivity index (χ3n) is 2.87. The van der Waals surface area contributed by atoms with Gasteiger partial charge in [0.25, 0.3) is 0 Å². The summed E-state index contributed by atoms with van der Waals surface area (Å²) < 4.78 is 0. The SMILES string of the molecule is CCc1cc(CC)c(C)c(ON)c1C. The highest BCUT2D eigenvalue weighted by atomic mass is 16.6. The fourth-order valence-corrected chi connectivity index (χ4v) is 1.91. The van der Waals surface area contributed by atoms with E-state index in [2.05, 4.69) is 33.8 Å². The van der Waals surface area contributed by atoms with Gasteiger partial charge in [0.05, 0.1) is 0 Å². The normalized spacial score (nSPS) is 10.4. The Balaban J connectivity index is 3.39. The van der Waals surface area contributed by atoms with Crippen molar-refractivity contribution in [2.45, 2.75) is 40.5 Å². The molecule has 0 heterocycles. The summed E-state index contributed by atoms with van der Waals surface area (Å²) in [6.45, 7) is 8.43. The van der Waals surface area contributed by atoms with Gasteiger partial charge in [-0.3, -0.25) is 0 Å². The smallest absolute Gasteiger partial charge is 0.153 e. The minimum Gasteiger partial charge on any atom is -0.411 e. The van der Waals surface area contributed by atoms with E-state index in [0.717, 1.165) is 18.6 Å². The molecule has 0 aliphatic rings. The summed E-state index contributed by atoms with van der Waals surface area (Å²) in [5, 5.41) is 0. The third kappa shape index (κ3) is 1.75. The maximum absolute atomic E-state index is 5.30. The van der Waals surface area contributed by atoms with Crippen molar-refractivity contribution in [3.8, 4) is 5.75 Å². The van der Waals surface area contributed by atoms with E-state index >= 15 is 0 Å². The van der Waals surface area contributed by atoms with E-state index in [1.54, 1.807) is 0 Å². The standard InChI is InChI=1S/C12H19NO/c1-5-10-7-11(6-2)9(4)12(14-13)8(10)3/h7H,5-6,13H2,1-4H3. The molecule has 0 spiro atoms. The Morgan fingerprint density at radius 1 is 1.07 bits per heavy atom. The van der Waals surface area contributed by atoms with E-state index in [9.17, 15) is 0 Å². The van der Waals surface area contributed by atoms with Gasteiger partial charge < -0.3 is 4.84 Å². The number of hydrogen-bond acceptors (Lipinski definition) is 2. The molecule has 0 unspecified atom stereocenters. The zero-order chi connectivity index (χ0) is 10.7. The van der Waals surface area contributed by atoms with Crippen molar-refractivity contribution in [1.82, 2.24) is 0 Å². The van der Waals surface area contributed by atoms with Crippen molar-refractivity contribution in [1.29, 1.82) is 0 Å². The van der Waals surface area contributed by atoms with Crippen molar-refractivity contribution in [3.05, 3.63) is 28.3 Å². The lowest BCUT2D eigenvalue weighted by Gasteiger charge is -2.15. The maximum Gasteiger partial charge on any atom is 0.153 e. The molecule has 1 aromatic carbocycles. The van der Waals surface area contributed by atoms with E-state index in [1.807, 2.05) is 0 Å². The van der Waals surface area contributed by atoms with Crippen molar-refractivity contribution >= 4 is 0 Å². The second-order valence-corrected chi connectivity index (χ2v) is 3.60. The van der Waals surface area contributed by atoms with Gasteiger partial charge in [-0.2, -0.15) is 5.90 Å². The van der Waals surface area contributed by atoms with Gasteiger partial charge in [0.1, 0.15) is 0 Å². The fourth-order valence-electron chi connectivity index (χ4n) is 1.91. The van der Waals surface area contributed by atoms with Crippen LogP contribution < -0.4 is 10.7 Å². The monoisotopic (exact) mass is 193 g/mol. The van der Waals surface area contributed by atoms with Gasteiger partial charge >= 0.3 is 0 Å². The molecule has 0 aromatic heterocycles. The molecule has 1 rings (SSSR count). The van der Waals surface area contributed by atoms with Crippen molar-refractivity contribution in [2.24, 2.45) is 5.90 Å². The molecule has 0 amide bonds. The molecule has 14 heavy (non-hydrogen) atoms. The Hall–Kier alpha value is -1.02. The third-order valence-corrected chi connectivity index (χ3v) is 2.87. The first kappa shape index (κ1) is 11.1. The summed E-state index contributed by atoms with van der Waals surface area (Å²) in [6, 6.07) is 2.26. The number of rotatable bonds is 3. The Bertz CT molecular complexity index is 303. The van der Waals surface area contributed by atoms with Crippen LogP contribution in [-0.4, -0.2) is 0 Å². The molecule has 2 N–H and O–H groups in total. The summed E-state index contributed by atoms with van der Waals surface area (Å²) in [7, 11) is 0. The van der Waals surface area contributed by atoms with Crippen LogP contribution in [0.3, 0.4) is 0 Å². The molecule has 0 aliphatic carbocycles. The second-order valence-electron chi connectivity index (χ2n) is 3.60. The quantitative estimate of drug-likeness (QED) is 0.749. The average Bonchev–Trinajstić information content (AvgIpc) is 2.19. The number of benzene rings is 1. The Kier molecular flexibility index (Phi) is 3.53. The van der Waals surface area contributed by atoms with E-state index in [0.29, 0.717) is 0 Å². The van der Waals surface area contributed by atoms with Crippen LogP contribution in [0.5, 0.6) is 5.75 Å². The number of aryl methyl sites for hydroxylation is 2. The topological polar surface area (TPSA) is 35.2 Å². The highest BCUT2D eigenvalue weighted by Gasteiger charge is 2.11. The molecular weight excluding hydrogens is 174 g/mol. The Morgan fingerprint density at radius 3 is 1.79 bits per heavy atom. The van der Waals surface area contributed by atoms with Crippen molar-refractivity contribution in [2.75, 3.05) is 0 Å². The molecule has 2 nitrogen and oxygen atoms in total. The van der Waals surface area contributed by atoms with Gasteiger partial charge in [0, 0.05) is 0 Å². The fraction of sp³-hybridized carbons (Fsp3) is 0.500. The largest absolute Gasteiger partial charge is 0.411 e. The summed E-state index contributed by atoms with van der Waals surface area (Å²) in [5.74, 6) is 6.15. The summed E-state index contributed by atoms with van der Waals surface area (Å²) >= 11 is 0. The molecule has 0 saturated carbocycles. The van der Waals surface area contributed by atoms with E-state index in [1.165, 1.54) is 22.3 Å². The molecule has 0 radical (unpaired) electrons. The minimum absolute atomic E-state index is 0.848. The highest BCUT2D eigenvalue weighted by molar-refractivity contribution is 5.49. The van der Waals surface area contributed by atoms with Crippen LogP contribution in [0.2, 0.25) is 0 Å². The molecule has 0 atom stereocenters. The molecule has 78 valence electrons. The molecular formula is C12H19NO. The van der Waals surface area contributed by atoms with Crippen molar-refractivity contribution < 1.29 is 4.84 Å². The molecule has 0 saturated heterocycles. The number of hydrogen-bond donors (Lipinski definition) is 1. The molecule has 0 bridgehead atoms. The highest BCUT2D eigenvalue weighted by Crippen LogP contribution is 2.29. The minimum atomic E-state index is 0.848. The summed E-state index contributed by atoms with van der Waals surface area (Å²) in [4.78, 5) is 4.96. The van der Waals surface area contributed by atoms with E-state index in [-0.39, 0.29) is 0 Å². The summed E-state index contributed by atoms with van der Waals surface area (Å²) in [6.07, 6.45) is 2.05. The van der Waals surface area contributed by atoms with Crippen LogP contribution in [-0.2, 0) is 12.8 Å². The van der Waals surface area contributed by atoms with Crippen LogP contribution in [0.1, 0.15) is 36.1 Å². The molecule has 0 aliphatic heterocycles. The predicted octanol–water partition coefficient (Wildman–Crippen LogP) is 2.68. The van der Waals surface area contributed by atoms with Crippen LogP contribution >= 0.6 is 0 Å². The first-order chi connectivity index (χ1) is 6.65. The first-order valence-corrected chi connectivity index (χ1v) is 5.14. The van der Waals surface area contributed by atoms with Gasteiger partial charge in [0.15, 0.2) is 5.75 Å². The van der Waals surface area contributed by atoms with Gasteiger partial charge in [-0.1, -0.05) is 19.9 Å². The maximum atomic E-state index is 5.30. The van der Waals surface area contributed by atoms with Gasteiger partial charge in [-0.25, -0.2) is 0 Å². The van der Waals surface area contributed by atoms with Gasteiger partial charge in [0.2, 0.25) is 0 Å². The van der Waals surface area contributed by atoms with Crippen molar-refractivity contribution in [3.63, 3.8) is 0 Å². The lowest BCUT2D eigenvalue weighted by Crippen LogP contribution is -2.08. The average molecular weight is 193 g/mol. The zero-order valence-electron chi connectivity index (χ0n) is 9.48. The molecule has 2 heteroatoms. The van der Waals surface area contributed by atoms with Crippen LogP contribution in [0.25, 0.3) is 0 Å². The van der Waals surface area contributed by atoms with Gasteiger partial charge in [-0.05, 0) is 48.9 Å². The predicted molar refractivity (Wildman–Crippen MR) is 59.5 cm³/mol. The Labute approximate surface area is 86.0 Å². The molecule has 1 aromatic rings. The number of nitrogens with two attached hydrogens (primary N) is 1. The van der Waals surface area contributed by atoms with Crippen LogP contribution in [0.15, 0.2) is 6.07 Å². The lowest BCUT2D eigenvalue weighted by molar-refractivity contribution is 0.329. The van der Waals surface area contributed by atoms with Gasteiger partial charge in [-0.15, -0.1) is 0 Å².